The number of halogens is 1. The smallest absolute Gasteiger partial charge is 0.261 e. The molecule has 0 aliphatic heterocycles. The van der Waals surface area contributed by atoms with E-state index in [-0.39, 0.29) is 25.9 Å². The molecule has 1 saturated carbocycles. The Hall–Kier alpha value is -1.45. The van der Waals surface area contributed by atoms with Gasteiger partial charge in [-0.05, 0) is 47.8 Å². The number of anilines is 1. The van der Waals surface area contributed by atoms with Crippen LogP contribution in [-0.2, 0) is 9.84 Å². The first-order valence-corrected chi connectivity index (χ1v) is 9.96. The van der Waals surface area contributed by atoms with E-state index in [2.05, 4.69) is 26.2 Å². The first kappa shape index (κ1) is 16.4. The molecule has 6 nitrogen and oxygen atoms in total. The predicted octanol–water partition coefficient (Wildman–Crippen LogP) is 3.11. The van der Waals surface area contributed by atoms with Crippen LogP contribution in [0.15, 0.2) is 26.9 Å². The van der Waals surface area contributed by atoms with Crippen LogP contribution in [0.25, 0.3) is 0 Å². The van der Waals surface area contributed by atoms with Crippen molar-refractivity contribution in [3.63, 3.8) is 0 Å². The lowest BCUT2D eigenvalue weighted by molar-refractivity contribution is 0.102. The molecule has 1 aliphatic rings. The van der Waals surface area contributed by atoms with Crippen LogP contribution < -0.4 is 5.32 Å². The summed E-state index contributed by atoms with van der Waals surface area (Å²) in [6.07, 6.45) is 1.35. The van der Waals surface area contributed by atoms with E-state index in [1.807, 2.05) is 0 Å². The molecule has 0 saturated heterocycles. The maximum Gasteiger partial charge on any atom is 0.261 e. The third-order valence-electron chi connectivity index (χ3n) is 3.43. The maximum absolute atomic E-state index is 12.3. The fourth-order valence-corrected chi connectivity index (χ4v) is 5.78. The Bertz CT molecular complexity index is 888. The van der Waals surface area contributed by atoms with Gasteiger partial charge >= 0.3 is 0 Å². The molecular formula is C14H13BrN2O4S2. The van der Waals surface area contributed by atoms with Crippen molar-refractivity contribution in [1.82, 2.24) is 4.98 Å². The van der Waals surface area contributed by atoms with E-state index >= 15 is 0 Å². The number of hydrogen-bond acceptors (Lipinski definition) is 6. The summed E-state index contributed by atoms with van der Waals surface area (Å²) in [5.74, 6) is -0.725. The molecule has 1 aliphatic carbocycles. The van der Waals surface area contributed by atoms with Crippen molar-refractivity contribution < 1.29 is 18.3 Å². The number of nitrogens with one attached hydrogen (secondary N) is 1. The molecule has 0 unspecified atom stereocenters. The Kier molecular flexibility index (Phi) is 4.19. The van der Waals surface area contributed by atoms with Crippen LogP contribution in [0.2, 0.25) is 0 Å². The number of aryl methyl sites for hydroxylation is 1. The van der Waals surface area contributed by atoms with Crippen LogP contribution in [0.5, 0.6) is 5.75 Å². The monoisotopic (exact) mass is 416 g/mol. The number of benzene rings is 1. The highest BCUT2D eigenvalue weighted by atomic mass is 79.9. The molecule has 0 bridgehead atoms. The Morgan fingerprint density at radius 3 is 2.78 bits per heavy atom. The van der Waals surface area contributed by atoms with Crippen LogP contribution in [0.4, 0.5) is 5.13 Å². The SMILES string of the molecule is Cc1nc(NC(=O)c2cccc(Br)c2O)sc1S(=O)(=O)C1CC1. The number of aromatic hydroxyl groups is 1. The first-order chi connectivity index (χ1) is 10.8. The summed E-state index contributed by atoms with van der Waals surface area (Å²) < 4.78 is 25.2. The molecule has 2 N–H and O–H groups in total. The van der Waals surface area contributed by atoms with Crippen molar-refractivity contribution in [2.45, 2.75) is 29.2 Å². The van der Waals surface area contributed by atoms with Crippen molar-refractivity contribution in [1.29, 1.82) is 0 Å². The number of carbonyl (C=O) groups is 1. The molecule has 23 heavy (non-hydrogen) atoms. The molecule has 1 amide bonds. The summed E-state index contributed by atoms with van der Waals surface area (Å²) in [7, 11) is -3.34. The third kappa shape index (κ3) is 3.13. The Balaban J connectivity index is 1.86. The summed E-state index contributed by atoms with van der Waals surface area (Å²) in [4.78, 5) is 16.3. The topological polar surface area (TPSA) is 96.4 Å². The van der Waals surface area contributed by atoms with Gasteiger partial charge in [0.15, 0.2) is 15.0 Å². The van der Waals surface area contributed by atoms with Crippen molar-refractivity contribution in [3.8, 4) is 5.75 Å². The van der Waals surface area contributed by atoms with Gasteiger partial charge in [0.05, 0.1) is 21.0 Å². The van der Waals surface area contributed by atoms with E-state index in [9.17, 15) is 18.3 Å². The fraction of sp³-hybridized carbons (Fsp3) is 0.286. The van der Waals surface area contributed by atoms with Crippen LogP contribution in [0, 0.1) is 6.92 Å². The Morgan fingerprint density at radius 1 is 1.43 bits per heavy atom. The molecule has 1 aromatic heterocycles. The molecule has 1 fully saturated rings. The standard InChI is InChI=1S/C14H13BrN2O4S2/c1-7-13(23(20,21)8-5-6-8)22-14(16-7)17-12(19)9-3-2-4-10(15)11(9)18/h2-4,8,18H,5-6H2,1H3,(H,16,17,19). The van der Waals surface area contributed by atoms with Gasteiger partial charge in [-0.25, -0.2) is 13.4 Å². The molecule has 9 heteroatoms. The van der Waals surface area contributed by atoms with Gasteiger partial charge in [0.1, 0.15) is 9.96 Å². The second kappa shape index (κ2) is 5.88. The number of thiazole rings is 1. The summed E-state index contributed by atoms with van der Waals surface area (Å²) in [6, 6.07) is 4.70. The lowest BCUT2D eigenvalue weighted by Crippen LogP contribution is -2.12. The zero-order valence-corrected chi connectivity index (χ0v) is 15.3. The van der Waals surface area contributed by atoms with E-state index in [1.165, 1.54) is 6.07 Å². The second-order valence-corrected chi connectivity index (χ2v) is 9.50. The number of phenolic OH excluding ortho intramolecular Hbond substituents is 1. The van der Waals surface area contributed by atoms with Crippen molar-refractivity contribution in [3.05, 3.63) is 33.9 Å². The molecule has 0 atom stereocenters. The maximum atomic E-state index is 12.3. The Labute approximate surface area is 145 Å². The molecule has 3 rings (SSSR count). The summed E-state index contributed by atoms with van der Waals surface area (Å²) in [5, 5.41) is 12.3. The van der Waals surface area contributed by atoms with Gasteiger partial charge in [0.2, 0.25) is 0 Å². The Morgan fingerprint density at radius 2 is 2.13 bits per heavy atom. The average Bonchev–Trinajstić information content (AvgIpc) is 3.27. The number of sulfone groups is 1. The summed E-state index contributed by atoms with van der Waals surface area (Å²) in [6.45, 7) is 1.61. The number of amides is 1. The predicted molar refractivity (Wildman–Crippen MR) is 90.8 cm³/mol. The van der Waals surface area contributed by atoms with Gasteiger partial charge in [0, 0.05) is 0 Å². The van der Waals surface area contributed by atoms with Crippen molar-refractivity contribution in [2.75, 3.05) is 5.32 Å². The van der Waals surface area contributed by atoms with Crippen LogP contribution in [0.3, 0.4) is 0 Å². The lowest BCUT2D eigenvalue weighted by Gasteiger charge is -2.05. The number of phenols is 1. The zero-order chi connectivity index (χ0) is 16.8. The minimum absolute atomic E-state index is 0.0822. The molecular weight excluding hydrogens is 404 g/mol. The number of nitrogens with zero attached hydrogens (tertiary/aromatic N) is 1. The molecule has 0 radical (unpaired) electrons. The van der Waals surface area contributed by atoms with E-state index in [0.717, 1.165) is 11.3 Å². The van der Waals surface area contributed by atoms with Crippen LogP contribution in [-0.4, -0.2) is 29.7 Å². The number of para-hydroxylation sites is 1. The minimum Gasteiger partial charge on any atom is -0.506 e. The molecule has 2 aromatic rings. The van der Waals surface area contributed by atoms with Gasteiger partial charge in [-0.2, -0.15) is 0 Å². The molecule has 122 valence electrons. The zero-order valence-electron chi connectivity index (χ0n) is 12.0. The lowest BCUT2D eigenvalue weighted by atomic mass is 10.2. The number of hydrogen-bond donors (Lipinski definition) is 2. The minimum atomic E-state index is -3.34. The quantitative estimate of drug-likeness (QED) is 0.797. The fourth-order valence-electron chi connectivity index (χ4n) is 2.09. The van der Waals surface area contributed by atoms with Crippen molar-refractivity contribution >= 4 is 48.1 Å². The first-order valence-electron chi connectivity index (χ1n) is 6.81. The largest absolute Gasteiger partial charge is 0.506 e. The average molecular weight is 417 g/mol. The summed E-state index contributed by atoms with van der Waals surface area (Å²) >= 11 is 4.09. The van der Waals surface area contributed by atoms with Gasteiger partial charge < -0.3 is 5.11 Å². The van der Waals surface area contributed by atoms with E-state index in [4.69, 9.17) is 0 Å². The molecule has 1 heterocycles. The number of carbonyl (C=O) groups excluding carboxylic acids is 1. The normalized spacial score (nSPS) is 14.7. The van der Waals surface area contributed by atoms with E-state index in [0.29, 0.717) is 23.0 Å². The molecule has 1 aromatic carbocycles. The highest BCUT2D eigenvalue weighted by molar-refractivity contribution is 9.10. The van der Waals surface area contributed by atoms with Gasteiger partial charge in [-0.15, -0.1) is 0 Å². The van der Waals surface area contributed by atoms with Crippen LogP contribution >= 0.6 is 27.3 Å². The highest BCUT2D eigenvalue weighted by Crippen LogP contribution is 2.38. The van der Waals surface area contributed by atoms with Gasteiger partial charge in [0.25, 0.3) is 5.91 Å². The molecule has 0 spiro atoms. The number of aromatic nitrogens is 1. The third-order valence-corrected chi connectivity index (χ3v) is 8.04. The second-order valence-electron chi connectivity index (χ2n) is 5.23. The van der Waals surface area contributed by atoms with E-state index < -0.39 is 15.7 Å². The van der Waals surface area contributed by atoms with Gasteiger partial charge in [-0.3, -0.25) is 10.1 Å². The van der Waals surface area contributed by atoms with Crippen molar-refractivity contribution in [2.24, 2.45) is 0 Å². The van der Waals surface area contributed by atoms with Gasteiger partial charge in [-0.1, -0.05) is 17.4 Å². The van der Waals surface area contributed by atoms with E-state index in [1.54, 1.807) is 19.1 Å². The number of rotatable bonds is 4. The summed E-state index contributed by atoms with van der Waals surface area (Å²) in [5.41, 5.74) is 0.467. The van der Waals surface area contributed by atoms with Crippen LogP contribution in [0.1, 0.15) is 28.9 Å². The highest BCUT2D eigenvalue weighted by Gasteiger charge is 2.39.